The Hall–Kier alpha value is -3.24. The number of ether oxygens (including phenoxy) is 1. The summed E-state index contributed by atoms with van der Waals surface area (Å²) < 4.78 is 48.5. The van der Waals surface area contributed by atoms with E-state index in [0.717, 1.165) is 12.8 Å². The van der Waals surface area contributed by atoms with Gasteiger partial charge in [0.25, 0.3) is 5.91 Å². The number of nitrogens with zero attached hydrogens (tertiary/aromatic N) is 2. The van der Waals surface area contributed by atoms with Gasteiger partial charge in [-0.3, -0.25) is 4.79 Å². The molecule has 1 aliphatic carbocycles. The number of halogens is 1. The van der Waals surface area contributed by atoms with Crippen molar-refractivity contribution >= 4 is 15.9 Å². The van der Waals surface area contributed by atoms with Crippen LogP contribution in [0.2, 0.25) is 0 Å². The number of carbonyl (C=O) groups is 1. The number of hydrogen-bond acceptors (Lipinski definition) is 5. The van der Waals surface area contributed by atoms with Crippen LogP contribution in [0.5, 0.6) is 5.75 Å². The van der Waals surface area contributed by atoms with Crippen molar-refractivity contribution in [2.45, 2.75) is 29.8 Å². The van der Waals surface area contributed by atoms with Crippen LogP contribution in [0.4, 0.5) is 4.39 Å². The zero-order valence-corrected chi connectivity index (χ0v) is 18.4. The molecule has 1 heterocycles. The van der Waals surface area contributed by atoms with E-state index in [9.17, 15) is 17.6 Å². The Balaban J connectivity index is 1.67. The van der Waals surface area contributed by atoms with Crippen LogP contribution in [-0.4, -0.2) is 37.0 Å². The van der Waals surface area contributed by atoms with Crippen molar-refractivity contribution in [2.75, 3.05) is 7.11 Å². The van der Waals surface area contributed by atoms with Crippen molar-refractivity contribution in [1.82, 2.24) is 19.6 Å². The molecule has 1 amide bonds. The second-order valence-corrected chi connectivity index (χ2v) is 9.30. The Morgan fingerprint density at radius 2 is 1.94 bits per heavy atom. The first-order valence-electron chi connectivity index (χ1n) is 10.0. The molecule has 0 saturated heterocycles. The summed E-state index contributed by atoms with van der Waals surface area (Å²) >= 11 is 0. The van der Waals surface area contributed by atoms with Gasteiger partial charge >= 0.3 is 0 Å². The van der Waals surface area contributed by atoms with Crippen molar-refractivity contribution in [2.24, 2.45) is 7.05 Å². The molecule has 168 valence electrons. The number of carbonyl (C=O) groups excluding carboxylic acids is 1. The Bertz CT molecular complexity index is 1240. The van der Waals surface area contributed by atoms with E-state index in [2.05, 4.69) is 15.0 Å². The fraction of sp³-hybridized carbons (Fsp3) is 0.273. The first-order chi connectivity index (χ1) is 15.3. The summed E-state index contributed by atoms with van der Waals surface area (Å²) in [6.07, 6.45) is 4.90. The minimum atomic E-state index is -3.84. The van der Waals surface area contributed by atoms with Crippen LogP contribution < -0.4 is 14.8 Å². The largest absolute Gasteiger partial charge is 0.495 e. The standard InChI is InChI=1S/C22H23FN4O4S/c1-27-12-11-24-21(27)20(14-3-6-16(23)7-4-14)25-22(28)15-5-10-18(31-2)19(13-15)32(29,30)26-17-8-9-17/h3-7,10-13,17,20,26H,8-9H2,1-2H3,(H,25,28)/t20-/m0/s1. The van der Waals surface area contributed by atoms with Crippen LogP contribution in [0.3, 0.4) is 0 Å². The van der Waals surface area contributed by atoms with Crippen LogP contribution in [0.25, 0.3) is 0 Å². The molecule has 4 rings (SSSR count). The van der Waals surface area contributed by atoms with Gasteiger partial charge in [-0.15, -0.1) is 0 Å². The molecular formula is C22H23FN4O4S. The van der Waals surface area contributed by atoms with Gasteiger partial charge in [-0.25, -0.2) is 22.5 Å². The van der Waals surface area contributed by atoms with Gasteiger partial charge in [0.15, 0.2) is 0 Å². The van der Waals surface area contributed by atoms with Crippen molar-refractivity contribution in [3.8, 4) is 5.75 Å². The van der Waals surface area contributed by atoms with Gasteiger partial charge in [-0.2, -0.15) is 0 Å². The highest BCUT2D eigenvalue weighted by Crippen LogP contribution is 2.29. The topological polar surface area (TPSA) is 102 Å². The first-order valence-corrected chi connectivity index (χ1v) is 11.5. The maximum Gasteiger partial charge on any atom is 0.252 e. The molecule has 10 heteroatoms. The van der Waals surface area contributed by atoms with Crippen molar-refractivity contribution in [3.05, 3.63) is 77.6 Å². The molecule has 8 nitrogen and oxygen atoms in total. The van der Waals surface area contributed by atoms with Gasteiger partial charge < -0.3 is 14.6 Å². The lowest BCUT2D eigenvalue weighted by molar-refractivity contribution is 0.0941. The molecule has 2 aromatic carbocycles. The molecule has 1 aromatic heterocycles. The van der Waals surface area contributed by atoms with E-state index < -0.39 is 27.8 Å². The van der Waals surface area contributed by atoms with Crippen molar-refractivity contribution in [1.29, 1.82) is 0 Å². The van der Waals surface area contributed by atoms with Gasteiger partial charge in [0, 0.05) is 31.0 Å². The zero-order valence-electron chi connectivity index (χ0n) is 17.6. The lowest BCUT2D eigenvalue weighted by Gasteiger charge is -2.20. The lowest BCUT2D eigenvalue weighted by Crippen LogP contribution is -2.31. The number of amides is 1. The fourth-order valence-electron chi connectivity index (χ4n) is 3.33. The van der Waals surface area contributed by atoms with Gasteiger partial charge in [0.2, 0.25) is 10.0 Å². The molecule has 0 aliphatic heterocycles. The number of hydrogen-bond donors (Lipinski definition) is 2. The van der Waals surface area contributed by atoms with Gasteiger partial charge in [-0.05, 0) is 48.7 Å². The third-order valence-electron chi connectivity index (χ3n) is 5.21. The summed E-state index contributed by atoms with van der Waals surface area (Å²) in [5.74, 6) is -0.213. The first kappa shape index (κ1) is 22.0. The summed E-state index contributed by atoms with van der Waals surface area (Å²) in [5.41, 5.74) is 0.772. The summed E-state index contributed by atoms with van der Waals surface area (Å²) in [4.78, 5) is 17.3. The molecule has 1 saturated carbocycles. The molecule has 3 aromatic rings. The van der Waals surface area contributed by atoms with Crippen LogP contribution >= 0.6 is 0 Å². The Morgan fingerprint density at radius 1 is 1.22 bits per heavy atom. The van der Waals surface area contributed by atoms with Crippen molar-refractivity contribution < 1.29 is 22.3 Å². The summed E-state index contributed by atoms with van der Waals surface area (Å²) in [6, 6.07) is 9.21. The third kappa shape index (κ3) is 4.66. The second kappa shape index (κ2) is 8.71. The van der Waals surface area contributed by atoms with Gasteiger partial charge in [0.1, 0.15) is 28.3 Å². The fourth-order valence-corrected chi connectivity index (χ4v) is 4.83. The van der Waals surface area contributed by atoms with E-state index in [-0.39, 0.29) is 22.3 Å². The average molecular weight is 459 g/mol. The van der Waals surface area contributed by atoms with Crippen LogP contribution in [0.15, 0.2) is 59.8 Å². The number of nitrogens with one attached hydrogen (secondary N) is 2. The monoisotopic (exact) mass is 458 g/mol. The Kier molecular flexibility index (Phi) is 5.98. The van der Waals surface area contributed by atoms with E-state index in [1.165, 1.54) is 37.4 Å². The number of aromatic nitrogens is 2. The quantitative estimate of drug-likeness (QED) is 0.540. The highest BCUT2D eigenvalue weighted by molar-refractivity contribution is 7.89. The molecule has 0 radical (unpaired) electrons. The number of imidazole rings is 1. The van der Waals surface area contributed by atoms with Gasteiger partial charge in [0.05, 0.1) is 7.11 Å². The van der Waals surface area contributed by atoms with E-state index in [1.54, 1.807) is 36.1 Å². The van der Waals surface area contributed by atoms with Gasteiger partial charge in [-0.1, -0.05) is 12.1 Å². The minimum Gasteiger partial charge on any atom is -0.495 e. The summed E-state index contributed by atoms with van der Waals surface area (Å²) in [7, 11) is -0.688. The molecule has 0 spiro atoms. The molecule has 0 bridgehead atoms. The normalized spacial score (nSPS) is 14.7. The number of sulfonamides is 1. The number of benzene rings is 2. The maximum atomic E-state index is 13.4. The highest BCUT2D eigenvalue weighted by Gasteiger charge is 2.31. The number of aryl methyl sites for hydroxylation is 1. The third-order valence-corrected chi connectivity index (χ3v) is 6.75. The average Bonchev–Trinajstić information content (AvgIpc) is 3.48. The van der Waals surface area contributed by atoms with Crippen LogP contribution in [0.1, 0.15) is 40.6 Å². The Labute approximate surface area is 185 Å². The molecule has 32 heavy (non-hydrogen) atoms. The van der Waals surface area contributed by atoms with E-state index in [1.807, 2.05) is 0 Å². The summed E-state index contributed by atoms with van der Waals surface area (Å²) in [6.45, 7) is 0. The number of rotatable bonds is 8. The predicted molar refractivity (Wildman–Crippen MR) is 115 cm³/mol. The van der Waals surface area contributed by atoms with E-state index >= 15 is 0 Å². The molecule has 0 unspecified atom stereocenters. The van der Waals surface area contributed by atoms with Crippen LogP contribution in [0, 0.1) is 5.82 Å². The lowest BCUT2D eigenvalue weighted by atomic mass is 10.1. The summed E-state index contributed by atoms with van der Waals surface area (Å²) in [5, 5.41) is 2.88. The molecule has 1 atom stereocenters. The minimum absolute atomic E-state index is 0.0894. The molecule has 1 fully saturated rings. The Morgan fingerprint density at radius 3 is 2.53 bits per heavy atom. The highest BCUT2D eigenvalue weighted by atomic mass is 32.2. The maximum absolute atomic E-state index is 13.4. The SMILES string of the molecule is COc1ccc(C(=O)N[C@@H](c2ccc(F)cc2)c2nccn2C)cc1S(=O)(=O)NC1CC1. The molecule has 2 N–H and O–H groups in total. The molecular weight excluding hydrogens is 435 g/mol. The van der Waals surface area contributed by atoms with E-state index in [4.69, 9.17) is 4.74 Å². The smallest absolute Gasteiger partial charge is 0.252 e. The second-order valence-electron chi connectivity index (χ2n) is 7.62. The predicted octanol–water partition coefficient (Wildman–Crippen LogP) is 2.53. The van der Waals surface area contributed by atoms with Crippen molar-refractivity contribution in [3.63, 3.8) is 0 Å². The van der Waals surface area contributed by atoms with E-state index in [0.29, 0.717) is 11.4 Å². The molecule has 1 aliphatic rings. The zero-order chi connectivity index (χ0) is 22.9. The number of methoxy groups -OCH3 is 1. The van der Waals surface area contributed by atoms with Crippen LogP contribution in [-0.2, 0) is 17.1 Å².